The van der Waals surface area contributed by atoms with Crippen LogP contribution in [-0.4, -0.2) is 39.3 Å². The highest BCUT2D eigenvalue weighted by molar-refractivity contribution is 4.64. The lowest BCUT2D eigenvalue weighted by atomic mass is 9.92. The molecule has 3 heterocycles. The molecule has 4 atom stereocenters. The topological polar surface area (TPSA) is 8.88 Å². The summed E-state index contributed by atoms with van der Waals surface area (Å²) in [5, 5.41) is 0. The molecule has 3 rings (SSSR count). The van der Waals surface area contributed by atoms with Crippen molar-refractivity contribution < 1.29 is 9.80 Å². The van der Waals surface area contributed by atoms with E-state index in [0.717, 1.165) is 11.8 Å². The van der Waals surface area contributed by atoms with Gasteiger partial charge < -0.3 is 9.80 Å². The van der Waals surface area contributed by atoms with Crippen LogP contribution in [0.25, 0.3) is 0 Å². The van der Waals surface area contributed by atoms with E-state index in [-0.39, 0.29) is 0 Å². The second kappa shape index (κ2) is 21.7. The van der Waals surface area contributed by atoms with Gasteiger partial charge in [0.05, 0.1) is 39.3 Å². The van der Waals surface area contributed by atoms with Gasteiger partial charge in [-0.3, -0.25) is 0 Å². The molecule has 4 unspecified atom stereocenters. The van der Waals surface area contributed by atoms with Crippen LogP contribution in [0.3, 0.4) is 0 Å². The molecule has 0 spiro atoms. The van der Waals surface area contributed by atoms with Gasteiger partial charge in [0, 0.05) is 11.8 Å². The van der Waals surface area contributed by atoms with Crippen LogP contribution >= 0.6 is 0 Å². The Morgan fingerprint density at radius 2 is 0.486 bits per heavy atom. The zero-order valence-electron chi connectivity index (χ0n) is 25.5. The highest BCUT2D eigenvalue weighted by atomic mass is 15.1. The average molecular weight is 519 g/mol. The first kappa shape index (κ1) is 31.4. The van der Waals surface area contributed by atoms with Crippen LogP contribution in [0.2, 0.25) is 0 Å². The van der Waals surface area contributed by atoms with Gasteiger partial charge in [-0.2, -0.15) is 0 Å². The third kappa shape index (κ3) is 15.9. The SMILES string of the molecule is C1CCCCCCC[NH+]2CCCC(CCCCCCCCCCC[NH+]3CCCC(CCCCCC1)C3)C2. The van der Waals surface area contributed by atoms with E-state index < -0.39 is 0 Å². The highest BCUT2D eigenvalue weighted by Gasteiger charge is 2.23. The Morgan fingerprint density at radius 3 is 0.838 bits per heavy atom. The first-order valence-electron chi connectivity index (χ1n) is 18.1. The maximum atomic E-state index is 1.95. The summed E-state index contributed by atoms with van der Waals surface area (Å²) >= 11 is 0. The fraction of sp³-hybridized carbons (Fsp3) is 1.00. The lowest BCUT2D eigenvalue weighted by Crippen LogP contribution is -3.13. The predicted octanol–water partition coefficient (Wildman–Crippen LogP) is 7.56. The second-order valence-electron chi connectivity index (χ2n) is 13.9. The van der Waals surface area contributed by atoms with Crippen LogP contribution < -0.4 is 9.80 Å². The Labute approximate surface area is 234 Å². The first-order chi connectivity index (χ1) is 18.4. The van der Waals surface area contributed by atoms with Gasteiger partial charge >= 0.3 is 0 Å². The highest BCUT2D eigenvalue weighted by Crippen LogP contribution is 2.19. The van der Waals surface area contributed by atoms with Crippen LogP contribution in [0.4, 0.5) is 0 Å². The van der Waals surface area contributed by atoms with Gasteiger partial charge in [0.2, 0.25) is 0 Å². The van der Waals surface area contributed by atoms with Gasteiger partial charge in [0.1, 0.15) is 0 Å². The summed E-state index contributed by atoms with van der Waals surface area (Å²) in [5.41, 5.74) is 0. The lowest BCUT2D eigenvalue weighted by Gasteiger charge is -2.30. The summed E-state index contributed by atoms with van der Waals surface area (Å²) in [6.45, 7) is 8.88. The van der Waals surface area contributed by atoms with E-state index in [2.05, 4.69) is 0 Å². The molecule has 2 N–H and O–H groups in total. The number of hydrogen-bond donors (Lipinski definition) is 2. The average Bonchev–Trinajstić information content (AvgIpc) is 2.92. The summed E-state index contributed by atoms with van der Waals surface area (Å²) < 4.78 is 0. The molecule has 3 aliphatic heterocycles. The van der Waals surface area contributed by atoms with Gasteiger partial charge in [-0.1, -0.05) is 109 Å². The zero-order chi connectivity index (χ0) is 25.6. The number of rotatable bonds is 0. The number of quaternary nitrogens is 2. The molecule has 0 amide bonds. The van der Waals surface area contributed by atoms with Crippen LogP contribution in [0.5, 0.6) is 0 Å². The van der Waals surface area contributed by atoms with E-state index in [4.69, 9.17) is 0 Å². The maximum Gasteiger partial charge on any atom is 0.0799 e. The maximum absolute atomic E-state index is 1.95. The normalized spacial score (nSPS) is 33.1. The summed E-state index contributed by atoms with van der Waals surface area (Å²) in [5.74, 6) is 2.09. The molecule has 0 aromatic heterocycles. The van der Waals surface area contributed by atoms with Crippen molar-refractivity contribution >= 4 is 0 Å². The van der Waals surface area contributed by atoms with E-state index in [0.29, 0.717) is 0 Å². The standard InChI is InChI=1S/C35H68N2/c1-2-4-8-12-16-20-28-36-30-23-27-35(33-36)25-19-15-11-7-5-9-13-17-21-29-37-31-22-26-34(32-37)24-18-14-10-6-3-1/h34-35H,1-33H2/p+2. The molecule has 37 heavy (non-hydrogen) atoms. The monoisotopic (exact) mass is 519 g/mol. The van der Waals surface area contributed by atoms with Crippen molar-refractivity contribution in [2.75, 3.05) is 39.3 Å². The Bertz CT molecular complexity index is 461. The molecule has 0 radical (unpaired) electrons. The van der Waals surface area contributed by atoms with E-state index >= 15 is 0 Å². The third-order valence-electron chi connectivity index (χ3n) is 10.5. The first-order valence-corrected chi connectivity index (χ1v) is 18.1. The van der Waals surface area contributed by atoms with Gasteiger partial charge in [-0.05, 0) is 64.2 Å². The predicted molar refractivity (Wildman–Crippen MR) is 163 cm³/mol. The summed E-state index contributed by atoms with van der Waals surface area (Å²) in [4.78, 5) is 3.91. The van der Waals surface area contributed by atoms with Crippen molar-refractivity contribution in [1.82, 2.24) is 0 Å². The molecule has 3 saturated heterocycles. The minimum Gasteiger partial charge on any atom is -0.335 e. The molecule has 0 aliphatic carbocycles. The zero-order valence-corrected chi connectivity index (χ0v) is 25.5. The van der Waals surface area contributed by atoms with Crippen LogP contribution in [0.15, 0.2) is 0 Å². The number of nitrogens with one attached hydrogen (secondary N) is 2. The Morgan fingerprint density at radius 1 is 0.243 bits per heavy atom. The molecule has 218 valence electrons. The second-order valence-corrected chi connectivity index (χ2v) is 13.9. The third-order valence-corrected chi connectivity index (χ3v) is 10.5. The summed E-state index contributed by atoms with van der Waals surface area (Å²) in [6, 6.07) is 0. The quantitative estimate of drug-likeness (QED) is 0.327. The molecule has 3 aliphatic rings. The van der Waals surface area contributed by atoms with Crippen molar-refractivity contribution in [2.24, 2.45) is 11.8 Å². The molecular formula is C35H70N2+2. The van der Waals surface area contributed by atoms with Crippen LogP contribution in [0.1, 0.15) is 173 Å². The largest absolute Gasteiger partial charge is 0.335 e. The minimum atomic E-state index is 1.05. The van der Waals surface area contributed by atoms with Crippen molar-refractivity contribution in [2.45, 2.75) is 173 Å². The smallest absolute Gasteiger partial charge is 0.0799 e. The van der Waals surface area contributed by atoms with Crippen molar-refractivity contribution in [1.29, 1.82) is 0 Å². The summed E-state index contributed by atoms with van der Waals surface area (Å²) in [6.07, 6.45) is 40.6. The van der Waals surface area contributed by atoms with E-state index in [1.165, 1.54) is 213 Å². The Balaban J connectivity index is 1.28. The molecule has 3 fully saturated rings. The van der Waals surface area contributed by atoms with Gasteiger partial charge in [-0.15, -0.1) is 0 Å². The number of piperidine rings is 2. The van der Waals surface area contributed by atoms with Gasteiger partial charge in [-0.25, -0.2) is 0 Å². The minimum absolute atomic E-state index is 1.05. The lowest BCUT2D eigenvalue weighted by molar-refractivity contribution is -0.909. The molecule has 2 nitrogen and oxygen atoms in total. The van der Waals surface area contributed by atoms with E-state index in [1.807, 2.05) is 9.80 Å². The Hall–Kier alpha value is -0.0800. The molecule has 2 heteroatoms. The fourth-order valence-corrected chi connectivity index (χ4v) is 8.07. The van der Waals surface area contributed by atoms with Crippen LogP contribution in [0, 0.1) is 11.8 Å². The van der Waals surface area contributed by atoms with E-state index in [9.17, 15) is 0 Å². The van der Waals surface area contributed by atoms with Crippen molar-refractivity contribution in [3.63, 3.8) is 0 Å². The summed E-state index contributed by atoms with van der Waals surface area (Å²) in [7, 11) is 0. The fourth-order valence-electron chi connectivity index (χ4n) is 8.07. The molecule has 0 aromatic rings. The molecule has 0 aromatic carbocycles. The van der Waals surface area contributed by atoms with Crippen molar-refractivity contribution in [3.8, 4) is 0 Å². The molecule has 4 bridgehead atoms. The van der Waals surface area contributed by atoms with Crippen LogP contribution in [-0.2, 0) is 0 Å². The van der Waals surface area contributed by atoms with Crippen molar-refractivity contribution in [3.05, 3.63) is 0 Å². The Kier molecular flexibility index (Phi) is 18.4. The molecule has 0 saturated carbocycles. The van der Waals surface area contributed by atoms with Gasteiger partial charge in [0.25, 0.3) is 0 Å². The number of fused-ring (bicyclic) bond motifs is 4. The van der Waals surface area contributed by atoms with Gasteiger partial charge in [0.15, 0.2) is 0 Å². The number of hydrogen-bond acceptors (Lipinski definition) is 0. The van der Waals surface area contributed by atoms with E-state index in [1.54, 1.807) is 0 Å². The molecular weight excluding hydrogens is 448 g/mol.